The van der Waals surface area contributed by atoms with E-state index in [1.807, 2.05) is 0 Å². The van der Waals surface area contributed by atoms with Crippen LogP contribution in [-0.2, 0) is 14.6 Å². The molecular formula is C12H14N2O6S. The minimum absolute atomic E-state index is 0.128. The maximum atomic E-state index is 11.7. The molecule has 0 amide bonds. The van der Waals surface area contributed by atoms with E-state index >= 15 is 0 Å². The molecule has 1 aliphatic rings. The molecule has 1 unspecified atom stereocenters. The van der Waals surface area contributed by atoms with Crippen LogP contribution in [-0.4, -0.2) is 43.8 Å². The second-order valence-corrected chi connectivity index (χ2v) is 6.91. The van der Waals surface area contributed by atoms with Gasteiger partial charge in [-0.05, 0) is 18.6 Å². The third-order valence-corrected chi connectivity index (χ3v) is 4.57. The molecule has 8 nitrogen and oxygen atoms in total. The fraction of sp³-hybridized carbons (Fsp3) is 0.417. The predicted molar refractivity (Wildman–Crippen MR) is 74.2 cm³/mol. The van der Waals surface area contributed by atoms with Crippen LogP contribution in [0.3, 0.4) is 0 Å². The first-order valence-electron chi connectivity index (χ1n) is 6.17. The van der Waals surface area contributed by atoms with Crippen molar-refractivity contribution in [1.29, 1.82) is 0 Å². The van der Waals surface area contributed by atoms with Crippen LogP contribution in [0.15, 0.2) is 23.1 Å². The summed E-state index contributed by atoms with van der Waals surface area (Å²) in [7, 11) is -3.75. The van der Waals surface area contributed by atoms with Crippen LogP contribution in [0.2, 0.25) is 0 Å². The average Bonchev–Trinajstić information content (AvgIpc) is 2.86. The number of nitro groups is 1. The first kappa shape index (κ1) is 15.2. The van der Waals surface area contributed by atoms with Gasteiger partial charge in [0.2, 0.25) is 0 Å². The van der Waals surface area contributed by atoms with E-state index in [0.29, 0.717) is 13.0 Å². The SMILES string of the molecule is CS(=O)(=O)c1cccc(N2CCC(C(=O)O)C2)c1[N+](=O)[O-]. The van der Waals surface area contributed by atoms with E-state index in [1.54, 1.807) is 4.90 Å². The number of nitrogens with zero attached hydrogens (tertiary/aromatic N) is 2. The number of carboxylic acid groups (broad SMARTS) is 1. The topological polar surface area (TPSA) is 118 Å². The van der Waals surface area contributed by atoms with E-state index in [0.717, 1.165) is 6.26 Å². The highest BCUT2D eigenvalue weighted by Gasteiger charge is 2.34. The Morgan fingerprint density at radius 3 is 2.62 bits per heavy atom. The lowest BCUT2D eigenvalue weighted by Crippen LogP contribution is -2.23. The van der Waals surface area contributed by atoms with Crippen LogP contribution in [0.25, 0.3) is 0 Å². The van der Waals surface area contributed by atoms with Crippen molar-refractivity contribution in [2.24, 2.45) is 5.92 Å². The summed E-state index contributed by atoms with van der Waals surface area (Å²) in [4.78, 5) is 22.7. The van der Waals surface area contributed by atoms with Crippen LogP contribution < -0.4 is 4.90 Å². The lowest BCUT2D eigenvalue weighted by atomic mass is 10.1. The Morgan fingerprint density at radius 2 is 2.14 bits per heavy atom. The third kappa shape index (κ3) is 2.97. The number of sulfone groups is 1. The van der Waals surface area contributed by atoms with Crippen molar-refractivity contribution in [3.63, 3.8) is 0 Å². The molecule has 9 heteroatoms. The normalized spacial score (nSPS) is 18.7. The van der Waals surface area contributed by atoms with Gasteiger partial charge in [-0.15, -0.1) is 0 Å². The Balaban J connectivity index is 2.51. The molecule has 114 valence electrons. The Bertz CT molecular complexity index is 700. The largest absolute Gasteiger partial charge is 0.481 e. The van der Waals surface area contributed by atoms with Crippen molar-refractivity contribution in [1.82, 2.24) is 0 Å². The lowest BCUT2D eigenvalue weighted by Gasteiger charge is -2.18. The number of carbonyl (C=O) groups is 1. The number of aliphatic carboxylic acids is 1. The molecule has 1 aromatic rings. The van der Waals surface area contributed by atoms with Crippen molar-refractivity contribution < 1.29 is 23.2 Å². The van der Waals surface area contributed by atoms with Gasteiger partial charge in [-0.3, -0.25) is 14.9 Å². The summed E-state index contributed by atoms with van der Waals surface area (Å²) in [6.45, 7) is 0.467. The van der Waals surface area contributed by atoms with Gasteiger partial charge in [0.05, 0.1) is 10.8 Å². The molecule has 0 bridgehead atoms. The lowest BCUT2D eigenvalue weighted by molar-refractivity contribution is -0.387. The Labute approximate surface area is 121 Å². The molecule has 1 aliphatic heterocycles. The van der Waals surface area contributed by atoms with Gasteiger partial charge in [0.1, 0.15) is 10.6 Å². The number of para-hydroxylation sites is 1. The maximum Gasteiger partial charge on any atom is 0.311 e. The number of benzene rings is 1. The molecule has 0 saturated carbocycles. The molecule has 2 rings (SSSR count). The van der Waals surface area contributed by atoms with Gasteiger partial charge < -0.3 is 10.0 Å². The van der Waals surface area contributed by atoms with Gasteiger partial charge >= 0.3 is 11.7 Å². The highest BCUT2D eigenvalue weighted by atomic mass is 32.2. The zero-order valence-electron chi connectivity index (χ0n) is 11.2. The molecule has 0 spiro atoms. The summed E-state index contributed by atoms with van der Waals surface area (Å²) in [5.41, 5.74) is -0.349. The van der Waals surface area contributed by atoms with Gasteiger partial charge in [0, 0.05) is 19.3 Å². The average molecular weight is 314 g/mol. The summed E-state index contributed by atoms with van der Waals surface area (Å²) in [5, 5.41) is 20.2. The quantitative estimate of drug-likeness (QED) is 0.648. The van der Waals surface area contributed by atoms with Crippen molar-refractivity contribution in [2.75, 3.05) is 24.2 Å². The standard InChI is InChI=1S/C12H14N2O6S/c1-21(19,20)10-4-2-3-9(11(10)14(17)18)13-6-5-8(7-13)12(15)16/h2-4,8H,5-7H2,1H3,(H,15,16). The van der Waals surface area contributed by atoms with E-state index in [4.69, 9.17) is 5.11 Å². The second kappa shape index (κ2) is 5.32. The number of hydrogen-bond acceptors (Lipinski definition) is 6. The van der Waals surface area contributed by atoms with Crippen LogP contribution in [0.5, 0.6) is 0 Å². The van der Waals surface area contributed by atoms with E-state index in [1.165, 1.54) is 18.2 Å². The monoisotopic (exact) mass is 314 g/mol. The number of carboxylic acids is 1. The molecule has 1 fully saturated rings. The molecule has 0 aromatic heterocycles. The third-order valence-electron chi connectivity index (χ3n) is 3.44. The fourth-order valence-corrected chi connectivity index (χ4v) is 3.29. The van der Waals surface area contributed by atoms with Gasteiger partial charge in [-0.1, -0.05) is 6.07 Å². The Hall–Kier alpha value is -2.16. The smallest absolute Gasteiger partial charge is 0.311 e. The van der Waals surface area contributed by atoms with Crippen molar-refractivity contribution in [2.45, 2.75) is 11.3 Å². The Kier molecular flexibility index (Phi) is 3.86. The van der Waals surface area contributed by atoms with E-state index in [9.17, 15) is 23.3 Å². The number of hydrogen-bond donors (Lipinski definition) is 1. The summed E-state index contributed by atoms with van der Waals surface area (Å²) in [6.07, 6.45) is 1.28. The molecule has 1 saturated heterocycles. The number of rotatable bonds is 4. The van der Waals surface area contributed by atoms with Crippen molar-refractivity contribution in [3.8, 4) is 0 Å². The van der Waals surface area contributed by atoms with Crippen molar-refractivity contribution >= 4 is 27.2 Å². The first-order chi connectivity index (χ1) is 9.71. The summed E-state index contributed by atoms with van der Waals surface area (Å²) in [5.74, 6) is -1.56. The number of anilines is 1. The molecule has 0 aliphatic carbocycles. The molecule has 1 atom stereocenters. The van der Waals surface area contributed by atoms with Crippen LogP contribution in [0.1, 0.15) is 6.42 Å². The highest BCUT2D eigenvalue weighted by Crippen LogP contribution is 2.37. The van der Waals surface area contributed by atoms with E-state index < -0.39 is 32.3 Å². The van der Waals surface area contributed by atoms with Crippen molar-refractivity contribution in [3.05, 3.63) is 28.3 Å². The van der Waals surface area contributed by atoms with E-state index in [-0.39, 0.29) is 17.1 Å². The number of nitro benzene ring substituents is 1. The molecule has 0 radical (unpaired) electrons. The summed E-state index contributed by atoms with van der Waals surface area (Å²) >= 11 is 0. The van der Waals surface area contributed by atoms with Crippen LogP contribution >= 0.6 is 0 Å². The molecule has 1 heterocycles. The first-order valence-corrected chi connectivity index (χ1v) is 8.06. The molecule has 21 heavy (non-hydrogen) atoms. The fourth-order valence-electron chi connectivity index (χ4n) is 2.43. The predicted octanol–water partition coefficient (Wildman–Crippen LogP) is 0.909. The second-order valence-electron chi connectivity index (χ2n) is 4.92. The van der Waals surface area contributed by atoms with Gasteiger partial charge in [0.25, 0.3) is 0 Å². The minimum Gasteiger partial charge on any atom is -0.481 e. The minimum atomic E-state index is -3.75. The maximum absolute atomic E-state index is 11.7. The van der Waals surface area contributed by atoms with Gasteiger partial charge in [-0.2, -0.15) is 0 Å². The van der Waals surface area contributed by atoms with E-state index in [2.05, 4.69) is 0 Å². The summed E-state index contributed by atoms with van der Waals surface area (Å²) in [6, 6.07) is 4.05. The molecular weight excluding hydrogens is 300 g/mol. The van der Waals surface area contributed by atoms with Crippen LogP contribution in [0, 0.1) is 16.0 Å². The zero-order valence-corrected chi connectivity index (χ0v) is 12.0. The summed E-state index contributed by atoms with van der Waals surface area (Å²) < 4.78 is 23.4. The van der Waals surface area contributed by atoms with Crippen LogP contribution in [0.4, 0.5) is 11.4 Å². The van der Waals surface area contributed by atoms with Gasteiger partial charge in [-0.25, -0.2) is 8.42 Å². The molecule has 1 N–H and O–H groups in total. The Morgan fingerprint density at radius 1 is 1.48 bits per heavy atom. The zero-order chi connectivity index (χ0) is 15.8. The highest BCUT2D eigenvalue weighted by molar-refractivity contribution is 7.90. The van der Waals surface area contributed by atoms with Gasteiger partial charge in [0.15, 0.2) is 9.84 Å². The molecule has 1 aromatic carbocycles.